The fourth-order valence-corrected chi connectivity index (χ4v) is 6.99. The van der Waals surface area contributed by atoms with Crippen molar-refractivity contribution in [3.05, 3.63) is 34.9 Å². The van der Waals surface area contributed by atoms with Crippen LogP contribution in [0.3, 0.4) is 0 Å². The van der Waals surface area contributed by atoms with Crippen LogP contribution in [0, 0.1) is 17.3 Å². The molecule has 0 spiro atoms. The number of ether oxygens (including phenoxy) is 1. The van der Waals surface area contributed by atoms with Gasteiger partial charge in [0.25, 0.3) is 0 Å². The molecule has 3 aliphatic rings. The number of rotatable bonds is 6. The van der Waals surface area contributed by atoms with E-state index in [9.17, 15) is 9.59 Å². The van der Waals surface area contributed by atoms with Crippen molar-refractivity contribution in [1.29, 1.82) is 0 Å². The lowest BCUT2D eigenvalue weighted by molar-refractivity contribution is -0.167. The molecule has 4 rings (SSSR count). The summed E-state index contributed by atoms with van der Waals surface area (Å²) >= 11 is 6.17. The molecule has 0 aromatic heterocycles. The third kappa shape index (κ3) is 5.72. The predicted octanol–water partition coefficient (Wildman–Crippen LogP) is 5.91. The third-order valence-electron chi connectivity index (χ3n) is 9.03. The van der Waals surface area contributed by atoms with Gasteiger partial charge in [0.15, 0.2) is 0 Å². The molecular formula is C29H43ClN2O3. The molecule has 35 heavy (non-hydrogen) atoms. The Balaban J connectivity index is 1.50. The molecule has 6 heteroatoms. The number of likely N-dealkylation sites (tertiary alicyclic amines) is 2. The van der Waals surface area contributed by atoms with Crippen molar-refractivity contribution in [2.45, 2.75) is 84.1 Å². The van der Waals surface area contributed by atoms with Gasteiger partial charge in [-0.15, -0.1) is 0 Å². The van der Waals surface area contributed by atoms with Gasteiger partial charge in [0, 0.05) is 42.5 Å². The van der Waals surface area contributed by atoms with Crippen LogP contribution in [-0.2, 0) is 14.3 Å². The second kappa shape index (κ2) is 11.6. The number of carbonyl (C=O) groups is 2. The number of nitrogens with zero attached hydrogens (tertiary/aromatic N) is 2. The highest BCUT2D eigenvalue weighted by Gasteiger charge is 2.50. The molecular weight excluding hydrogens is 460 g/mol. The average Bonchev–Trinajstić information content (AvgIpc) is 2.89. The number of carbonyl (C=O) groups excluding carboxylic acids is 2. The number of hydrogen-bond acceptors (Lipinski definition) is 4. The maximum Gasteiger partial charge on any atom is 0.312 e. The van der Waals surface area contributed by atoms with Crippen LogP contribution < -0.4 is 0 Å². The molecule has 2 heterocycles. The highest BCUT2D eigenvalue weighted by atomic mass is 35.5. The van der Waals surface area contributed by atoms with E-state index in [1.807, 2.05) is 19.1 Å². The van der Waals surface area contributed by atoms with Crippen LogP contribution in [0.2, 0.25) is 5.02 Å². The Labute approximate surface area is 216 Å². The molecule has 2 aliphatic heterocycles. The Hall–Kier alpha value is -1.59. The van der Waals surface area contributed by atoms with Crippen molar-refractivity contribution in [2.75, 3.05) is 32.8 Å². The van der Waals surface area contributed by atoms with Gasteiger partial charge in [-0.1, -0.05) is 43.0 Å². The van der Waals surface area contributed by atoms with Gasteiger partial charge >= 0.3 is 5.97 Å². The molecule has 2 saturated heterocycles. The Morgan fingerprint density at radius 3 is 2.29 bits per heavy atom. The molecule has 194 valence electrons. The lowest BCUT2D eigenvalue weighted by atomic mass is 9.63. The highest BCUT2D eigenvalue weighted by molar-refractivity contribution is 6.30. The van der Waals surface area contributed by atoms with Crippen LogP contribution in [0.1, 0.15) is 83.6 Å². The Bertz CT molecular complexity index is 857. The van der Waals surface area contributed by atoms with Gasteiger partial charge in [-0.3, -0.25) is 9.59 Å². The standard InChI is InChI=1S/C29H43ClN2O3/c1-4-35-28(34)29(23-8-6-5-7-9-23)15-18-31(19-16-29)27(33)25-14-17-32(21(2)3)20-26(25)22-10-12-24(30)13-11-22/h10-13,21,23,25-26H,4-9,14-20H2,1-3H3. The van der Waals surface area contributed by atoms with Gasteiger partial charge in [-0.2, -0.15) is 0 Å². The van der Waals surface area contributed by atoms with Gasteiger partial charge in [0.1, 0.15) is 0 Å². The summed E-state index contributed by atoms with van der Waals surface area (Å²) in [6, 6.07) is 8.50. The minimum atomic E-state index is -0.413. The molecule has 0 bridgehead atoms. The number of benzene rings is 1. The van der Waals surface area contributed by atoms with Crippen molar-refractivity contribution < 1.29 is 14.3 Å². The Morgan fingerprint density at radius 2 is 1.69 bits per heavy atom. The van der Waals surface area contributed by atoms with E-state index >= 15 is 0 Å². The van der Waals surface area contributed by atoms with E-state index in [-0.39, 0.29) is 23.7 Å². The van der Waals surface area contributed by atoms with E-state index in [4.69, 9.17) is 16.3 Å². The second-order valence-electron chi connectivity index (χ2n) is 11.2. The first-order valence-corrected chi connectivity index (χ1v) is 14.2. The number of hydrogen-bond donors (Lipinski definition) is 0. The largest absolute Gasteiger partial charge is 0.466 e. The topological polar surface area (TPSA) is 49.9 Å². The van der Waals surface area contributed by atoms with E-state index in [0.717, 1.165) is 50.2 Å². The molecule has 1 aliphatic carbocycles. The first kappa shape index (κ1) is 26.5. The molecule has 3 fully saturated rings. The summed E-state index contributed by atoms with van der Waals surface area (Å²) in [5.74, 6) is 0.753. The summed E-state index contributed by atoms with van der Waals surface area (Å²) in [6.07, 6.45) is 8.22. The van der Waals surface area contributed by atoms with Crippen LogP contribution in [0.15, 0.2) is 24.3 Å². The molecule has 1 aromatic carbocycles. The fraction of sp³-hybridized carbons (Fsp3) is 0.724. The first-order valence-electron chi connectivity index (χ1n) is 13.8. The zero-order chi connectivity index (χ0) is 25.0. The minimum Gasteiger partial charge on any atom is -0.466 e. The third-order valence-corrected chi connectivity index (χ3v) is 9.28. The average molecular weight is 503 g/mol. The van der Waals surface area contributed by atoms with Gasteiger partial charge in [0.05, 0.1) is 12.0 Å². The van der Waals surface area contributed by atoms with Crippen molar-refractivity contribution in [2.24, 2.45) is 17.3 Å². The molecule has 5 nitrogen and oxygen atoms in total. The fourth-order valence-electron chi connectivity index (χ4n) is 6.86. The minimum absolute atomic E-state index is 0.0247. The van der Waals surface area contributed by atoms with Crippen LogP contribution in [0.25, 0.3) is 0 Å². The highest BCUT2D eigenvalue weighted by Crippen LogP contribution is 2.47. The summed E-state index contributed by atoms with van der Waals surface area (Å²) in [4.78, 5) is 31.7. The zero-order valence-corrected chi connectivity index (χ0v) is 22.6. The summed E-state index contributed by atoms with van der Waals surface area (Å²) in [5.41, 5.74) is 0.780. The monoisotopic (exact) mass is 502 g/mol. The molecule has 1 aromatic rings. The lowest BCUT2D eigenvalue weighted by Crippen LogP contribution is -2.54. The number of halogens is 1. The smallest absolute Gasteiger partial charge is 0.312 e. The van der Waals surface area contributed by atoms with Gasteiger partial charge in [0.2, 0.25) is 5.91 Å². The number of amides is 1. The Morgan fingerprint density at radius 1 is 1.03 bits per heavy atom. The van der Waals surface area contributed by atoms with E-state index in [0.29, 0.717) is 31.7 Å². The molecule has 0 radical (unpaired) electrons. The molecule has 2 atom stereocenters. The van der Waals surface area contributed by atoms with Gasteiger partial charge in [-0.25, -0.2) is 0 Å². The lowest BCUT2D eigenvalue weighted by Gasteiger charge is -2.47. The quantitative estimate of drug-likeness (QED) is 0.454. The van der Waals surface area contributed by atoms with E-state index < -0.39 is 5.41 Å². The predicted molar refractivity (Wildman–Crippen MR) is 140 cm³/mol. The number of piperidine rings is 2. The summed E-state index contributed by atoms with van der Waals surface area (Å²) in [7, 11) is 0. The van der Waals surface area contributed by atoms with Gasteiger partial charge < -0.3 is 14.5 Å². The maximum absolute atomic E-state index is 13.9. The first-order chi connectivity index (χ1) is 16.9. The van der Waals surface area contributed by atoms with Crippen LogP contribution in [0.5, 0.6) is 0 Å². The summed E-state index contributed by atoms with van der Waals surface area (Å²) in [6.45, 7) is 9.92. The molecule has 1 saturated carbocycles. The summed E-state index contributed by atoms with van der Waals surface area (Å²) < 4.78 is 5.61. The SMILES string of the molecule is CCOC(=O)C1(C2CCCCC2)CCN(C(=O)C2CCN(C(C)C)CC2c2ccc(Cl)cc2)CC1. The molecule has 2 unspecified atom stereocenters. The molecule has 0 N–H and O–H groups in total. The maximum atomic E-state index is 13.9. The van der Waals surface area contributed by atoms with Crippen LogP contribution in [0.4, 0.5) is 0 Å². The van der Waals surface area contributed by atoms with E-state index in [2.05, 4.69) is 35.8 Å². The summed E-state index contributed by atoms with van der Waals surface area (Å²) in [5, 5.41) is 0.724. The number of esters is 1. The van der Waals surface area contributed by atoms with Crippen LogP contribution in [-0.4, -0.2) is 60.5 Å². The Kier molecular flexibility index (Phi) is 8.80. The van der Waals surface area contributed by atoms with Crippen molar-refractivity contribution in [3.63, 3.8) is 0 Å². The van der Waals surface area contributed by atoms with E-state index in [1.165, 1.54) is 24.8 Å². The molecule has 1 amide bonds. The normalized spacial score (nSPS) is 26.0. The van der Waals surface area contributed by atoms with Crippen molar-refractivity contribution in [1.82, 2.24) is 9.80 Å². The van der Waals surface area contributed by atoms with Gasteiger partial charge in [-0.05, 0) is 83.0 Å². The second-order valence-corrected chi connectivity index (χ2v) is 11.6. The van der Waals surface area contributed by atoms with Crippen LogP contribution >= 0.6 is 11.6 Å². The zero-order valence-electron chi connectivity index (χ0n) is 21.8. The van der Waals surface area contributed by atoms with Crippen molar-refractivity contribution in [3.8, 4) is 0 Å². The van der Waals surface area contributed by atoms with Crippen molar-refractivity contribution >= 4 is 23.5 Å². The van der Waals surface area contributed by atoms with E-state index in [1.54, 1.807) is 0 Å².